The van der Waals surface area contributed by atoms with Gasteiger partial charge in [-0.2, -0.15) is 0 Å². The molecular weight excluding hydrogens is 254 g/mol. The summed E-state index contributed by atoms with van der Waals surface area (Å²) in [5, 5.41) is 0. The third kappa shape index (κ3) is 3.93. The van der Waals surface area contributed by atoms with Crippen LogP contribution in [-0.4, -0.2) is 41.6 Å². The van der Waals surface area contributed by atoms with E-state index in [1.54, 1.807) is 12.1 Å². The molecule has 1 aliphatic rings. The molecule has 1 aromatic rings. The number of anilines is 1. The Morgan fingerprint density at radius 2 is 2.25 bits per heavy atom. The summed E-state index contributed by atoms with van der Waals surface area (Å²) < 4.78 is 5.76. The molecule has 1 aromatic heterocycles. The summed E-state index contributed by atoms with van der Waals surface area (Å²) in [5.74, 6) is 0.425. The zero-order valence-corrected chi connectivity index (χ0v) is 12.4. The standard InChI is InChI=1S/C15H23N3O2/c1-15(2,3)8-12-10-18(6-7-20-12)14(19)11-4-5-13(16)17-9-11/h4-5,9,12H,6-8,10H2,1-3H3,(H2,16,17). The van der Waals surface area contributed by atoms with Crippen molar-refractivity contribution in [1.29, 1.82) is 0 Å². The van der Waals surface area contributed by atoms with E-state index in [9.17, 15) is 4.79 Å². The molecule has 0 bridgehead atoms. The van der Waals surface area contributed by atoms with Crippen LogP contribution in [0.5, 0.6) is 0 Å². The van der Waals surface area contributed by atoms with Crippen LogP contribution in [0.4, 0.5) is 5.82 Å². The van der Waals surface area contributed by atoms with Gasteiger partial charge >= 0.3 is 0 Å². The van der Waals surface area contributed by atoms with Gasteiger partial charge in [-0.05, 0) is 24.0 Å². The van der Waals surface area contributed by atoms with Crippen molar-refractivity contribution in [3.63, 3.8) is 0 Å². The van der Waals surface area contributed by atoms with E-state index in [0.29, 0.717) is 31.1 Å². The molecule has 0 saturated carbocycles. The Kier molecular flexibility index (Phi) is 4.28. The van der Waals surface area contributed by atoms with Crippen LogP contribution in [-0.2, 0) is 4.74 Å². The van der Waals surface area contributed by atoms with Crippen LogP contribution in [0.15, 0.2) is 18.3 Å². The first-order valence-corrected chi connectivity index (χ1v) is 6.97. The fraction of sp³-hybridized carbons (Fsp3) is 0.600. The quantitative estimate of drug-likeness (QED) is 0.897. The lowest BCUT2D eigenvalue weighted by atomic mass is 9.88. The largest absolute Gasteiger partial charge is 0.384 e. The van der Waals surface area contributed by atoms with Gasteiger partial charge in [0.05, 0.1) is 18.3 Å². The lowest BCUT2D eigenvalue weighted by molar-refractivity contribution is -0.0377. The molecule has 1 amide bonds. The number of rotatable bonds is 2. The van der Waals surface area contributed by atoms with Crippen molar-refractivity contribution in [2.45, 2.75) is 33.3 Å². The minimum Gasteiger partial charge on any atom is -0.384 e. The summed E-state index contributed by atoms with van der Waals surface area (Å²) in [6, 6.07) is 3.37. The molecule has 1 unspecified atom stereocenters. The van der Waals surface area contributed by atoms with Gasteiger partial charge < -0.3 is 15.4 Å². The second-order valence-electron chi connectivity index (χ2n) is 6.48. The van der Waals surface area contributed by atoms with Crippen LogP contribution in [0.25, 0.3) is 0 Å². The molecule has 1 fully saturated rings. The van der Waals surface area contributed by atoms with Crippen molar-refractivity contribution in [2.75, 3.05) is 25.4 Å². The number of nitrogens with two attached hydrogens (primary N) is 1. The lowest BCUT2D eigenvalue weighted by Crippen LogP contribution is -2.46. The van der Waals surface area contributed by atoms with E-state index >= 15 is 0 Å². The molecule has 20 heavy (non-hydrogen) atoms. The Morgan fingerprint density at radius 1 is 1.50 bits per heavy atom. The molecule has 0 aromatic carbocycles. The number of nitrogen functional groups attached to an aromatic ring is 1. The maximum absolute atomic E-state index is 12.4. The third-order valence-corrected chi connectivity index (χ3v) is 3.30. The molecule has 5 nitrogen and oxygen atoms in total. The van der Waals surface area contributed by atoms with Crippen LogP contribution >= 0.6 is 0 Å². The molecule has 5 heteroatoms. The van der Waals surface area contributed by atoms with Crippen LogP contribution in [0, 0.1) is 5.41 Å². The molecule has 2 heterocycles. The number of hydrogen-bond acceptors (Lipinski definition) is 4. The highest BCUT2D eigenvalue weighted by molar-refractivity contribution is 5.94. The Labute approximate surface area is 120 Å². The topological polar surface area (TPSA) is 68.5 Å². The molecule has 1 atom stereocenters. The fourth-order valence-electron chi connectivity index (χ4n) is 2.42. The number of carbonyl (C=O) groups excluding carboxylic acids is 1. The number of amides is 1. The number of carbonyl (C=O) groups is 1. The zero-order chi connectivity index (χ0) is 14.8. The van der Waals surface area contributed by atoms with Gasteiger partial charge in [-0.15, -0.1) is 0 Å². The lowest BCUT2D eigenvalue weighted by Gasteiger charge is -2.35. The summed E-state index contributed by atoms with van der Waals surface area (Å²) in [6.45, 7) is 8.41. The van der Waals surface area contributed by atoms with Gasteiger partial charge in [0.25, 0.3) is 5.91 Å². The Balaban J connectivity index is 2.01. The van der Waals surface area contributed by atoms with Crippen molar-refractivity contribution >= 4 is 11.7 Å². The van der Waals surface area contributed by atoms with Crippen molar-refractivity contribution in [1.82, 2.24) is 9.88 Å². The van der Waals surface area contributed by atoms with Crippen molar-refractivity contribution in [3.8, 4) is 0 Å². The van der Waals surface area contributed by atoms with E-state index < -0.39 is 0 Å². The van der Waals surface area contributed by atoms with Crippen molar-refractivity contribution in [3.05, 3.63) is 23.9 Å². The average Bonchev–Trinajstić information content (AvgIpc) is 2.37. The Bertz CT molecular complexity index is 465. The van der Waals surface area contributed by atoms with Crippen LogP contribution in [0.2, 0.25) is 0 Å². The first-order chi connectivity index (χ1) is 9.35. The Hall–Kier alpha value is -1.62. The number of morpholine rings is 1. The summed E-state index contributed by atoms with van der Waals surface area (Å²) in [4.78, 5) is 18.2. The predicted molar refractivity (Wildman–Crippen MR) is 78.4 cm³/mol. The van der Waals surface area contributed by atoms with E-state index in [1.165, 1.54) is 6.20 Å². The van der Waals surface area contributed by atoms with Gasteiger partial charge in [-0.25, -0.2) is 4.98 Å². The number of aromatic nitrogens is 1. The minimum absolute atomic E-state index is 0.000269. The summed E-state index contributed by atoms with van der Waals surface area (Å²) in [5.41, 5.74) is 6.31. The summed E-state index contributed by atoms with van der Waals surface area (Å²) >= 11 is 0. The van der Waals surface area contributed by atoms with Gasteiger partial charge in [0.1, 0.15) is 5.82 Å². The number of hydrogen-bond donors (Lipinski definition) is 1. The highest BCUT2D eigenvalue weighted by Crippen LogP contribution is 2.24. The van der Waals surface area contributed by atoms with E-state index in [4.69, 9.17) is 10.5 Å². The fourth-order valence-corrected chi connectivity index (χ4v) is 2.42. The second kappa shape index (κ2) is 5.79. The third-order valence-electron chi connectivity index (χ3n) is 3.30. The van der Waals surface area contributed by atoms with E-state index in [1.807, 2.05) is 4.90 Å². The van der Waals surface area contributed by atoms with E-state index in [0.717, 1.165) is 6.42 Å². The average molecular weight is 277 g/mol. The first-order valence-electron chi connectivity index (χ1n) is 6.97. The van der Waals surface area contributed by atoms with Crippen molar-refractivity contribution in [2.24, 2.45) is 5.41 Å². The molecule has 0 spiro atoms. The maximum Gasteiger partial charge on any atom is 0.255 e. The Morgan fingerprint density at radius 3 is 2.85 bits per heavy atom. The van der Waals surface area contributed by atoms with Crippen LogP contribution in [0.1, 0.15) is 37.6 Å². The molecule has 1 saturated heterocycles. The maximum atomic E-state index is 12.4. The number of ether oxygens (including phenoxy) is 1. The molecule has 110 valence electrons. The van der Waals surface area contributed by atoms with Gasteiger partial charge in [-0.3, -0.25) is 4.79 Å². The number of pyridine rings is 1. The second-order valence-corrected chi connectivity index (χ2v) is 6.48. The normalized spacial score (nSPS) is 19.9. The zero-order valence-electron chi connectivity index (χ0n) is 12.4. The van der Waals surface area contributed by atoms with Crippen LogP contribution in [0.3, 0.4) is 0 Å². The molecule has 1 aliphatic heterocycles. The van der Waals surface area contributed by atoms with Gasteiger partial charge in [0, 0.05) is 19.3 Å². The summed E-state index contributed by atoms with van der Waals surface area (Å²) in [7, 11) is 0. The summed E-state index contributed by atoms with van der Waals surface area (Å²) in [6.07, 6.45) is 2.58. The van der Waals surface area contributed by atoms with Crippen LogP contribution < -0.4 is 5.73 Å². The van der Waals surface area contributed by atoms with Gasteiger partial charge in [-0.1, -0.05) is 20.8 Å². The van der Waals surface area contributed by atoms with Gasteiger partial charge in [0.2, 0.25) is 0 Å². The van der Waals surface area contributed by atoms with E-state index in [-0.39, 0.29) is 17.4 Å². The highest BCUT2D eigenvalue weighted by atomic mass is 16.5. The smallest absolute Gasteiger partial charge is 0.255 e. The first kappa shape index (κ1) is 14.8. The van der Waals surface area contributed by atoms with E-state index in [2.05, 4.69) is 25.8 Å². The molecular formula is C15H23N3O2. The SMILES string of the molecule is CC(C)(C)CC1CN(C(=O)c2ccc(N)nc2)CCO1. The monoisotopic (exact) mass is 277 g/mol. The molecule has 0 aliphatic carbocycles. The minimum atomic E-state index is -0.000269. The number of nitrogens with zero attached hydrogens (tertiary/aromatic N) is 2. The van der Waals surface area contributed by atoms with Gasteiger partial charge in [0.15, 0.2) is 0 Å². The highest BCUT2D eigenvalue weighted by Gasteiger charge is 2.28. The predicted octanol–water partition coefficient (Wildman–Crippen LogP) is 1.94. The molecule has 0 radical (unpaired) electrons. The van der Waals surface area contributed by atoms with Crippen molar-refractivity contribution < 1.29 is 9.53 Å². The molecule has 2 N–H and O–H groups in total. The molecule has 2 rings (SSSR count).